The lowest BCUT2D eigenvalue weighted by Crippen LogP contribution is -2.24. The molecule has 0 unspecified atom stereocenters. The van der Waals surface area contributed by atoms with Gasteiger partial charge in [0.25, 0.3) is 0 Å². The maximum atomic E-state index is 10.8. The zero-order chi connectivity index (χ0) is 9.72. The number of carbonyl (C=O) groups is 1. The maximum Gasteiger partial charge on any atom is 0.154 e. The van der Waals surface area contributed by atoms with Crippen LogP contribution in [0.15, 0.2) is 11.8 Å². The Morgan fingerprint density at radius 1 is 1.25 bits per heavy atom. The number of hydrogen-bond donors (Lipinski definition) is 0. The summed E-state index contributed by atoms with van der Waals surface area (Å²) in [5, 5.41) is 0. The Balaban J connectivity index is 4.33. The van der Waals surface area contributed by atoms with E-state index in [0.29, 0.717) is 0 Å². The van der Waals surface area contributed by atoms with Crippen LogP contribution in [-0.2, 0) is 4.79 Å². The van der Waals surface area contributed by atoms with Crippen LogP contribution in [0, 0.1) is 0 Å². The third-order valence-corrected chi connectivity index (χ3v) is 1.42. The van der Waals surface area contributed by atoms with E-state index in [2.05, 4.69) is 0 Å². The van der Waals surface area contributed by atoms with E-state index in [1.165, 1.54) is 0 Å². The number of likely N-dealkylation sites (N-methyl/N-ethyl adjacent to an activating group) is 2. The highest BCUT2D eigenvalue weighted by molar-refractivity contribution is 5.87. The van der Waals surface area contributed by atoms with Crippen LogP contribution in [-0.4, -0.2) is 50.3 Å². The van der Waals surface area contributed by atoms with Crippen LogP contribution in [0.3, 0.4) is 0 Å². The number of rotatable bonds is 4. The Hall–Kier alpha value is -0.830. The van der Waals surface area contributed by atoms with Crippen molar-refractivity contribution in [2.45, 2.75) is 6.92 Å². The van der Waals surface area contributed by atoms with Gasteiger partial charge in [-0.15, -0.1) is 0 Å². The van der Waals surface area contributed by atoms with Crippen molar-refractivity contribution in [1.29, 1.82) is 0 Å². The van der Waals surface area contributed by atoms with Gasteiger partial charge in [-0.1, -0.05) is 0 Å². The summed E-state index contributed by atoms with van der Waals surface area (Å²) >= 11 is 0. The molecule has 0 radical (unpaired) electrons. The van der Waals surface area contributed by atoms with E-state index in [0.717, 1.165) is 12.2 Å². The van der Waals surface area contributed by atoms with Crippen molar-refractivity contribution in [3.63, 3.8) is 0 Å². The van der Waals surface area contributed by atoms with E-state index < -0.39 is 0 Å². The average Bonchev–Trinajstić information content (AvgIpc) is 1.83. The van der Waals surface area contributed by atoms with Crippen molar-refractivity contribution < 1.29 is 4.79 Å². The fourth-order valence-corrected chi connectivity index (χ4v) is 0.875. The Bertz CT molecular complexity index is 183. The minimum atomic E-state index is 0.0977. The second kappa shape index (κ2) is 4.93. The highest BCUT2D eigenvalue weighted by Gasteiger charge is 2.02. The molecule has 0 fully saturated rings. The summed E-state index contributed by atoms with van der Waals surface area (Å²) in [5.41, 5.74) is 1.03. The summed E-state index contributed by atoms with van der Waals surface area (Å²) in [6, 6.07) is 0. The lowest BCUT2D eigenvalue weighted by atomic mass is 10.3. The van der Waals surface area contributed by atoms with Crippen LogP contribution in [0.25, 0.3) is 0 Å². The van der Waals surface area contributed by atoms with E-state index in [1.54, 1.807) is 13.0 Å². The first-order valence-electron chi connectivity index (χ1n) is 3.96. The van der Waals surface area contributed by atoms with Crippen molar-refractivity contribution in [3.8, 4) is 0 Å². The van der Waals surface area contributed by atoms with Gasteiger partial charge in [-0.05, 0) is 21.0 Å². The number of nitrogens with zero attached hydrogens (tertiary/aromatic N) is 2. The molecule has 0 aromatic rings. The first-order valence-corrected chi connectivity index (χ1v) is 3.96. The molecule has 0 N–H and O–H groups in total. The first-order chi connectivity index (χ1) is 5.43. The Morgan fingerprint density at radius 3 is 2.00 bits per heavy atom. The summed E-state index contributed by atoms with van der Waals surface area (Å²) < 4.78 is 0. The van der Waals surface area contributed by atoms with E-state index in [4.69, 9.17) is 0 Å². The van der Waals surface area contributed by atoms with Crippen LogP contribution < -0.4 is 0 Å². The zero-order valence-electron chi connectivity index (χ0n) is 8.59. The maximum absolute atomic E-state index is 10.8. The van der Waals surface area contributed by atoms with Crippen LogP contribution in [0.1, 0.15) is 6.92 Å². The van der Waals surface area contributed by atoms with Crippen molar-refractivity contribution in [1.82, 2.24) is 9.80 Å². The molecule has 3 heteroatoms. The van der Waals surface area contributed by atoms with Crippen LogP contribution in [0.5, 0.6) is 0 Å². The fraction of sp³-hybridized carbons (Fsp3) is 0.667. The van der Waals surface area contributed by atoms with Gasteiger partial charge in [0.05, 0.1) is 0 Å². The Morgan fingerprint density at radius 2 is 1.75 bits per heavy atom. The minimum Gasteiger partial charge on any atom is -0.380 e. The zero-order valence-corrected chi connectivity index (χ0v) is 8.59. The largest absolute Gasteiger partial charge is 0.380 e. The molecule has 0 aliphatic carbocycles. The Labute approximate surface area is 74.7 Å². The summed E-state index contributed by atoms with van der Waals surface area (Å²) in [6.07, 6.45) is 1.67. The lowest BCUT2D eigenvalue weighted by molar-refractivity contribution is -0.112. The standard InChI is InChI=1S/C9H18N2O/c1-8(12)6-9(11(4)5)7-10(2)3/h6H,7H2,1-5H3/b9-6+. The van der Waals surface area contributed by atoms with Gasteiger partial charge in [-0.25, -0.2) is 0 Å². The molecule has 70 valence electrons. The molecule has 0 atom stereocenters. The van der Waals surface area contributed by atoms with Gasteiger partial charge in [-0.3, -0.25) is 4.79 Å². The predicted molar refractivity (Wildman–Crippen MR) is 51.0 cm³/mol. The molecule has 0 spiro atoms. The van der Waals surface area contributed by atoms with Crippen molar-refractivity contribution in [2.75, 3.05) is 34.7 Å². The van der Waals surface area contributed by atoms with Crippen LogP contribution >= 0.6 is 0 Å². The molecule has 0 saturated carbocycles. The van der Waals surface area contributed by atoms with Crippen molar-refractivity contribution in [2.24, 2.45) is 0 Å². The molecule has 0 saturated heterocycles. The summed E-state index contributed by atoms with van der Waals surface area (Å²) in [7, 11) is 7.85. The van der Waals surface area contributed by atoms with Gasteiger partial charge in [0.2, 0.25) is 0 Å². The second-order valence-corrected chi connectivity index (χ2v) is 3.38. The lowest BCUT2D eigenvalue weighted by Gasteiger charge is -2.20. The molecule has 12 heavy (non-hydrogen) atoms. The number of hydrogen-bond acceptors (Lipinski definition) is 3. The van der Waals surface area contributed by atoms with Gasteiger partial charge in [0.1, 0.15) is 0 Å². The van der Waals surface area contributed by atoms with Crippen LogP contribution in [0.4, 0.5) is 0 Å². The van der Waals surface area contributed by atoms with E-state index in [1.807, 2.05) is 38.0 Å². The number of carbonyl (C=O) groups excluding carboxylic acids is 1. The molecule has 0 heterocycles. The summed E-state index contributed by atoms with van der Waals surface area (Å²) in [6.45, 7) is 2.37. The third kappa shape index (κ3) is 4.91. The number of ketones is 1. The minimum absolute atomic E-state index is 0.0977. The van der Waals surface area contributed by atoms with Gasteiger partial charge in [-0.2, -0.15) is 0 Å². The molecular weight excluding hydrogens is 152 g/mol. The van der Waals surface area contributed by atoms with Gasteiger partial charge in [0, 0.05) is 32.4 Å². The Kier molecular flexibility index (Phi) is 4.59. The molecular formula is C9H18N2O. The molecule has 0 aromatic carbocycles. The summed E-state index contributed by atoms with van der Waals surface area (Å²) in [4.78, 5) is 14.8. The van der Waals surface area contributed by atoms with Gasteiger partial charge >= 0.3 is 0 Å². The third-order valence-electron chi connectivity index (χ3n) is 1.42. The van der Waals surface area contributed by atoms with Gasteiger partial charge < -0.3 is 9.80 Å². The van der Waals surface area contributed by atoms with Crippen LogP contribution in [0.2, 0.25) is 0 Å². The quantitative estimate of drug-likeness (QED) is 0.577. The second-order valence-electron chi connectivity index (χ2n) is 3.38. The molecule has 0 rings (SSSR count). The summed E-state index contributed by atoms with van der Waals surface area (Å²) in [5.74, 6) is 0.0977. The smallest absolute Gasteiger partial charge is 0.154 e. The van der Waals surface area contributed by atoms with E-state index in [9.17, 15) is 4.79 Å². The SMILES string of the molecule is CC(=O)/C=C(\CN(C)C)N(C)C. The average molecular weight is 170 g/mol. The van der Waals surface area contributed by atoms with Crippen molar-refractivity contribution in [3.05, 3.63) is 11.8 Å². The van der Waals surface area contributed by atoms with E-state index in [-0.39, 0.29) is 5.78 Å². The normalized spacial score (nSPS) is 12.0. The highest BCUT2D eigenvalue weighted by Crippen LogP contribution is 1.99. The fourth-order valence-electron chi connectivity index (χ4n) is 0.875. The topological polar surface area (TPSA) is 23.6 Å². The number of allylic oxidation sites excluding steroid dienone is 1. The van der Waals surface area contributed by atoms with Gasteiger partial charge in [0.15, 0.2) is 5.78 Å². The molecule has 0 aromatic heterocycles. The molecule has 3 nitrogen and oxygen atoms in total. The highest BCUT2D eigenvalue weighted by atomic mass is 16.1. The van der Waals surface area contributed by atoms with Crippen molar-refractivity contribution >= 4 is 5.78 Å². The monoisotopic (exact) mass is 170 g/mol. The molecule has 0 bridgehead atoms. The molecule has 0 aliphatic heterocycles. The van der Waals surface area contributed by atoms with E-state index >= 15 is 0 Å². The molecule has 0 aliphatic rings. The predicted octanol–water partition coefficient (Wildman–Crippen LogP) is 0.583. The first kappa shape index (κ1) is 11.2. The molecule has 0 amide bonds.